The monoisotopic (exact) mass is 176 g/mol. The maximum absolute atomic E-state index is 4.96. The zero-order valence-corrected chi connectivity index (χ0v) is 8.76. The fourth-order valence-electron chi connectivity index (χ4n) is 1.07. The summed E-state index contributed by atoms with van der Waals surface area (Å²) in [5.74, 6) is 0. The molecule has 0 saturated heterocycles. The van der Waals surface area contributed by atoms with Gasteiger partial charge in [-0.15, -0.1) is 0 Å². The largest absolute Gasteiger partial charge is 0.370 e. The van der Waals surface area contributed by atoms with E-state index in [0.29, 0.717) is 12.8 Å². The van der Waals surface area contributed by atoms with Crippen LogP contribution < -0.4 is 5.32 Å². The van der Waals surface area contributed by atoms with Crippen molar-refractivity contribution in [3.05, 3.63) is 0 Å². The predicted molar refractivity (Wildman–Crippen MR) is 54.4 cm³/mol. The first-order valence-corrected chi connectivity index (χ1v) is 4.57. The Morgan fingerprint density at radius 2 is 2.17 bits per heavy atom. The van der Waals surface area contributed by atoms with Crippen LogP contribution in [0.3, 0.4) is 0 Å². The SMILES string of the molecule is CCC(CCN(C)C)NCOC.[HH]. The summed E-state index contributed by atoms with van der Waals surface area (Å²) in [5, 5.41) is 3.33. The van der Waals surface area contributed by atoms with Gasteiger partial charge in [-0.05, 0) is 33.5 Å². The maximum Gasteiger partial charge on any atom is 0.0963 e. The molecule has 0 aliphatic rings. The Morgan fingerprint density at radius 3 is 2.58 bits per heavy atom. The van der Waals surface area contributed by atoms with E-state index >= 15 is 0 Å². The van der Waals surface area contributed by atoms with Crippen molar-refractivity contribution in [2.45, 2.75) is 25.8 Å². The molecule has 0 amide bonds. The molecular formula is C9H24N2O. The van der Waals surface area contributed by atoms with Gasteiger partial charge in [-0.1, -0.05) is 6.92 Å². The average Bonchev–Trinajstić information content (AvgIpc) is 2.05. The van der Waals surface area contributed by atoms with Crippen molar-refractivity contribution in [2.75, 3.05) is 34.5 Å². The minimum absolute atomic E-state index is 0. The summed E-state index contributed by atoms with van der Waals surface area (Å²) in [6.07, 6.45) is 2.35. The number of hydrogen-bond acceptors (Lipinski definition) is 3. The van der Waals surface area contributed by atoms with E-state index in [2.05, 4.69) is 31.2 Å². The smallest absolute Gasteiger partial charge is 0.0963 e. The molecule has 1 unspecified atom stereocenters. The van der Waals surface area contributed by atoms with Crippen LogP contribution in [0.2, 0.25) is 0 Å². The summed E-state index contributed by atoms with van der Waals surface area (Å²) >= 11 is 0. The van der Waals surface area contributed by atoms with E-state index in [1.807, 2.05) is 0 Å². The first-order valence-electron chi connectivity index (χ1n) is 4.57. The third-order valence-electron chi connectivity index (χ3n) is 1.93. The molecule has 0 rings (SSSR count). The van der Waals surface area contributed by atoms with E-state index in [4.69, 9.17) is 4.74 Å². The predicted octanol–water partition coefficient (Wildman–Crippen LogP) is 1.16. The summed E-state index contributed by atoms with van der Waals surface area (Å²) in [4.78, 5) is 2.21. The third kappa shape index (κ3) is 6.58. The zero-order valence-electron chi connectivity index (χ0n) is 8.76. The Hall–Kier alpha value is -0.120. The quantitative estimate of drug-likeness (QED) is 0.589. The minimum atomic E-state index is 0. The molecule has 0 aromatic rings. The van der Waals surface area contributed by atoms with Crippen molar-refractivity contribution in [1.82, 2.24) is 10.2 Å². The van der Waals surface area contributed by atoms with Gasteiger partial charge in [0.25, 0.3) is 0 Å². The number of rotatable bonds is 7. The van der Waals surface area contributed by atoms with Crippen LogP contribution in [0.15, 0.2) is 0 Å². The highest BCUT2D eigenvalue weighted by molar-refractivity contribution is 4.63. The molecule has 0 aromatic heterocycles. The Balaban J connectivity index is 0. The van der Waals surface area contributed by atoms with Crippen molar-refractivity contribution in [3.8, 4) is 0 Å². The minimum Gasteiger partial charge on any atom is -0.370 e. The van der Waals surface area contributed by atoms with E-state index < -0.39 is 0 Å². The maximum atomic E-state index is 4.96. The van der Waals surface area contributed by atoms with E-state index in [1.54, 1.807) is 7.11 Å². The van der Waals surface area contributed by atoms with Crippen molar-refractivity contribution in [3.63, 3.8) is 0 Å². The van der Waals surface area contributed by atoms with Crippen LogP contribution in [0.1, 0.15) is 21.2 Å². The van der Waals surface area contributed by atoms with Gasteiger partial charge in [0.2, 0.25) is 0 Å². The summed E-state index contributed by atoms with van der Waals surface area (Å²) in [5.41, 5.74) is 0. The lowest BCUT2D eigenvalue weighted by Crippen LogP contribution is -2.33. The van der Waals surface area contributed by atoms with Crippen LogP contribution in [0.25, 0.3) is 0 Å². The van der Waals surface area contributed by atoms with Gasteiger partial charge in [0.1, 0.15) is 0 Å². The number of nitrogens with zero attached hydrogens (tertiary/aromatic N) is 1. The molecule has 0 radical (unpaired) electrons. The van der Waals surface area contributed by atoms with Crippen LogP contribution in [0.5, 0.6) is 0 Å². The topological polar surface area (TPSA) is 24.5 Å². The van der Waals surface area contributed by atoms with Gasteiger partial charge in [0.15, 0.2) is 0 Å². The fourth-order valence-corrected chi connectivity index (χ4v) is 1.07. The summed E-state index contributed by atoms with van der Waals surface area (Å²) < 4.78 is 4.96. The van der Waals surface area contributed by atoms with Gasteiger partial charge in [0.05, 0.1) is 6.73 Å². The molecule has 0 aromatic carbocycles. The molecule has 1 atom stereocenters. The number of nitrogens with one attached hydrogen (secondary N) is 1. The normalized spacial score (nSPS) is 13.8. The lowest BCUT2D eigenvalue weighted by molar-refractivity contribution is 0.158. The molecule has 1 N–H and O–H groups in total. The summed E-state index contributed by atoms with van der Waals surface area (Å²) in [6, 6.07) is 0.590. The van der Waals surface area contributed by atoms with Gasteiger partial charge >= 0.3 is 0 Å². The highest BCUT2D eigenvalue weighted by Crippen LogP contribution is 1.97. The molecule has 0 heterocycles. The molecule has 3 heteroatoms. The molecule has 0 spiro atoms. The first-order chi connectivity index (χ1) is 5.70. The zero-order chi connectivity index (χ0) is 9.40. The van der Waals surface area contributed by atoms with Gasteiger partial charge in [-0.25, -0.2) is 0 Å². The Bertz CT molecular complexity index is 102. The van der Waals surface area contributed by atoms with E-state index in [-0.39, 0.29) is 1.43 Å². The summed E-state index contributed by atoms with van der Waals surface area (Å²) in [7, 11) is 5.91. The third-order valence-corrected chi connectivity index (χ3v) is 1.93. The number of hydrogen-bond donors (Lipinski definition) is 1. The van der Waals surface area contributed by atoms with Gasteiger partial charge in [-0.2, -0.15) is 0 Å². The van der Waals surface area contributed by atoms with E-state index in [9.17, 15) is 0 Å². The van der Waals surface area contributed by atoms with Crippen molar-refractivity contribution in [2.24, 2.45) is 0 Å². The second kappa shape index (κ2) is 7.53. The Morgan fingerprint density at radius 1 is 1.50 bits per heavy atom. The standard InChI is InChI=1S/C9H22N2O.H2/c1-5-9(10-8-12-4)6-7-11(2)3;/h9-10H,5-8H2,1-4H3;1H. The van der Waals surface area contributed by atoms with Crippen LogP contribution in [0, 0.1) is 0 Å². The Labute approximate surface area is 77.6 Å². The lowest BCUT2D eigenvalue weighted by Gasteiger charge is -2.18. The van der Waals surface area contributed by atoms with Crippen molar-refractivity contribution >= 4 is 0 Å². The molecule has 0 aliphatic heterocycles. The number of methoxy groups -OCH3 is 1. The Kier molecular flexibility index (Phi) is 7.45. The number of ether oxygens (including phenoxy) is 1. The second-order valence-electron chi connectivity index (χ2n) is 3.33. The molecular weight excluding hydrogens is 152 g/mol. The summed E-state index contributed by atoms with van der Waals surface area (Å²) in [6.45, 7) is 3.99. The fraction of sp³-hybridized carbons (Fsp3) is 1.00. The second-order valence-corrected chi connectivity index (χ2v) is 3.33. The lowest BCUT2D eigenvalue weighted by atomic mass is 10.1. The highest BCUT2D eigenvalue weighted by Gasteiger charge is 2.04. The van der Waals surface area contributed by atoms with E-state index in [1.165, 1.54) is 6.42 Å². The van der Waals surface area contributed by atoms with Gasteiger partial charge < -0.3 is 9.64 Å². The van der Waals surface area contributed by atoms with Crippen molar-refractivity contribution < 1.29 is 6.16 Å². The van der Waals surface area contributed by atoms with Crippen LogP contribution >= 0.6 is 0 Å². The van der Waals surface area contributed by atoms with Crippen LogP contribution in [-0.2, 0) is 4.74 Å². The first kappa shape index (κ1) is 11.9. The molecule has 0 fully saturated rings. The van der Waals surface area contributed by atoms with Crippen LogP contribution in [-0.4, -0.2) is 45.4 Å². The molecule has 0 saturated carbocycles. The van der Waals surface area contributed by atoms with Crippen LogP contribution in [0.4, 0.5) is 0 Å². The van der Waals surface area contributed by atoms with Gasteiger partial charge in [-0.3, -0.25) is 5.32 Å². The van der Waals surface area contributed by atoms with Crippen molar-refractivity contribution in [1.29, 1.82) is 0 Å². The van der Waals surface area contributed by atoms with Gasteiger partial charge in [0, 0.05) is 14.6 Å². The highest BCUT2D eigenvalue weighted by atomic mass is 16.5. The van der Waals surface area contributed by atoms with E-state index in [0.717, 1.165) is 13.0 Å². The molecule has 76 valence electrons. The molecule has 12 heavy (non-hydrogen) atoms. The average molecular weight is 176 g/mol. The molecule has 0 aliphatic carbocycles. The molecule has 0 bridgehead atoms. The molecule has 3 nitrogen and oxygen atoms in total.